The maximum Gasteiger partial charge on any atom is 0.326 e. The third-order valence-corrected chi connectivity index (χ3v) is 8.20. The van der Waals surface area contributed by atoms with Crippen LogP contribution < -0.4 is 27.0 Å². The smallest absolute Gasteiger partial charge is 0.326 e. The molecule has 2 fully saturated rings. The van der Waals surface area contributed by atoms with Crippen molar-refractivity contribution in [1.29, 1.82) is 5.41 Å². The number of amides is 4. The molecule has 4 amide bonds. The highest BCUT2D eigenvalue weighted by Crippen LogP contribution is 2.33. The van der Waals surface area contributed by atoms with E-state index in [2.05, 4.69) is 21.3 Å². The molecule has 2 aliphatic heterocycles. The molecule has 0 spiro atoms. The first-order chi connectivity index (χ1) is 21.6. The van der Waals surface area contributed by atoms with E-state index in [0.717, 1.165) is 11.1 Å². The number of rotatable bonds is 14. The number of carboxylic acids is 1. The van der Waals surface area contributed by atoms with Crippen LogP contribution in [0.15, 0.2) is 60.7 Å². The Morgan fingerprint density at radius 2 is 1.56 bits per heavy atom. The van der Waals surface area contributed by atoms with E-state index in [-0.39, 0.29) is 49.6 Å². The monoisotopic (exact) mass is 619 g/mol. The van der Waals surface area contributed by atoms with E-state index in [1.165, 1.54) is 4.90 Å². The number of nitrogens with zero attached hydrogens (tertiary/aromatic N) is 1. The molecule has 0 bridgehead atoms. The lowest BCUT2D eigenvalue weighted by molar-refractivity contribution is -0.147. The van der Waals surface area contributed by atoms with Gasteiger partial charge in [0.15, 0.2) is 5.96 Å². The summed E-state index contributed by atoms with van der Waals surface area (Å²) in [7, 11) is 0. The highest BCUT2D eigenvalue weighted by molar-refractivity contribution is 5.96. The molecule has 2 saturated heterocycles. The van der Waals surface area contributed by atoms with E-state index >= 15 is 0 Å². The molecule has 2 aromatic carbocycles. The van der Waals surface area contributed by atoms with Gasteiger partial charge in [-0.3, -0.25) is 24.6 Å². The van der Waals surface area contributed by atoms with E-state index in [1.807, 2.05) is 30.3 Å². The average molecular weight is 620 g/mol. The Bertz CT molecular complexity index is 1370. The van der Waals surface area contributed by atoms with E-state index in [1.54, 1.807) is 30.3 Å². The molecule has 4 rings (SSSR count). The molecule has 0 radical (unpaired) electrons. The third-order valence-electron chi connectivity index (χ3n) is 8.20. The van der Waals surface area contributed by atoms with Gasteiger partial charge >= 0.3 is 5.97 Å². The largest absolute Gasteiger partial charge is 0.480 e. The molecule has 45 heavy (non-hydrogen) atoms. The van der Waals surface area contributed by atoms with Crippen LogP contribution >= 0.6 is 0 Å². The van der Waals surface area contributed by atoms with Crippen LogP contribution in [0.5, 0.6) is 0 Å². The molecule has 0 aliphatic carbocycles. The molecule has 2 aromatic rings. The van der Waals surface area contributed by atoms with Crippen LogP contribution in [-0.2, 0) is 36.8 Å². The summed E-state index contributed by atoms with van der Waals surface area (Å²) in [5, 5.41) is 27.9. The van der Waals surface area contributed by atoms with Crippen LogP contribution in [-0.4, -0.2) is 82.3 Å². The Kier molecular flexibility index (Phi) is 11.5. The number of aliphatic carboxylic acids is 1. The van der Waals surface area contributed by atoms with Gasteiger partial charge in [0, 0.05) is 19.0 Å². The summed E-state index contributed by atoms with van der Waals surface area (Å²) in [4.78, 5) is 66.8. The second-order valence-corrected chi connectivity index (χ2v) is 11.5. The number of benzene rings is 2. The van der Waals surface area contributed by atoms with Gasteiger partial charge in [0.05, 0.1) is 6.42 Å². The zero-order chi connectivity index (χ0) is 32.3. The minimum atomic E-state index is -1.23. The lowest BCUT2D eigenvalue weighted by Crippen LogP contribution is -2.60. The number of nitrogens with one attached hydrogen (secondary N) is 5. The number of guanidine groups is 1. The lowest BCUT2D eigenvalue weighted by Gasteiger charge is -2.38. The topological polar surface area (TPSA) is 207 Å². The Balaban J connectivity index is 1.42. The first-order valence-corrected chi connectivity index (χ1v) is 15.2. The second-order valence-electron chi connectivity index (χ2n) is 11.5. The van der Waals surface area contributed by atoms with Gasteiger partial charge in [0.25, 0.3) is 0 Å². The average Bonchev–Trinajstić information content (AvgIpc) is 3.45. The first kappa shape index (κ1) is 33.0. The van der Waals surface area contributed by atoms with Crippen molar-refractivity contribution in [1.82, 2.24) is 26.2 Å². The SMILES string of the molecule is N=C(N)NCCC[C@H](NC(=O)[C@@H]1CC[C@@H]2CC[C@H](NC(=O)Cc3ccccc3)C(=O)N21)C(=O)N[C@@H](Cc1ccccc1)C(=O)O. The van der Waals surface area contributed by atoms with Crippen molar-refractivity contribution in [3.05, 3.63) is 71.8 Å². The fourth-order valence-electron chi connectivity index (χ4n) is 5.97. The highest BCUT2D eigenvalue weighted by atomic mass is 16.4. The molecular weight excluding hydrogens is 578 g/mol. The van der Waals surface area contributed by atoms with Gasteiger partial charge in [-0.2, -0.15) is 0 Å². The maximum absolute atomic E-state index is 13.6. The second kappa shape index (κ2) is 15.7. The number of fused-ring (bicyclic) bond motifs is 1. The fourth-order valence-corrected chi connectivity index (χ4v) is 5.97. The molecule has 13 nitrogen and oxygen atoms in total. The molecular formula is C32H41N7O6. The molecule has 2 heterocycles. The zero-order valence-electron chi connectivity index (χ0n) is 25.0. The number of carboxylic acid groups (broad SMARTS) is 1. The van der Waals surface area contributed by atoms with Crippen molar-refractivity contribution in [2.75, 3.05) is 6.54 Å². The summed E-state index contributed by atoms with van der Waals surface area (Å²) in [6.07, 6.45) is 2.79. The summed E-state index contributed by atoms with van der Waals surface area (Å²) in [6, 6.07) is 14.0. The lowest BCUT2D eigenvalue weighted by atomic mass is 9.97. The molecule has 5 atom stereocenters. The fraction of sp³-hybridized carbons (Fsp3) is 0.438. The molecule has 240 valence electrons. The van der Waals surface area contributed by atoms with E-state index < -0.39 is 42.0 Å². The van der Waals surface area contributed by atoms with Crippen molar-refractivity contribution in [2.24, 2.45) is 5.73 Å². The van der Waals surface area contributed by atoms with Gasteiger partial charge in [-0.1, -0.05) is 60.7 Å². The standard InChI is InChI=1S/C32H41N7O6/c33-32(34)35-17-7-12-23(28(41)38-25(31(44)45)18-20-8-3-1-4-9-20)37-29(42)26-16-14-22-13-15-24(30(43)39(22)26)36-27(40)19-21-10-5-2-6-11-21/h1-6,8-11,22-26H,7,12-19H2,(H,36,40)(H,37,42)(H,38,41)(H,44,45)(H4,33,34,35)/t22-,23-,24-,25-,26-/m0/s1. The van der Waals surface area contributed by atoms with Gasteiger partial charge < -0.3 is 37.0 Å². The van der Waals surface area contributed by atoms with Gasteiger partial charge in [-0.05, 0) is 49.7 Å². The van der Waals surface area contributed by atoms with E-state index in [0.29, 0.717) is 32.1 Å². The molecule has 2 aliphatic rings. The Morgan fingerprint density at radius 3 is 2.20 bits per heavy atom. The minimum absolute atomic E-state index is 0.0540. The third kappa shape index (κ3) is 9.27. The molecule has 8 N–H and O–H groups in total. The highest BCUT2D eigenvalue weighted by Gasteiger charge is 2.46. The predicted octanol–water partition coefficient (Wildman–Crippen LogP) is 0.427. The summed E-state index contributed by atoms with van der Waals surface area (Å²) in [5.74, 6) is -3.24. The van der Waals surface area contributed by atoms with Crippen LogP contribution in [0.3, 0.4) is 0 Å². The molecule has 0 aromatic heterocycles. The summed E-state index contributed by atoms with van der Waals surface area (Å²) < 4.78 is 0. The van der Waals surface area contributed by atoms with Crippen LogP contribution in [0.1, 0.15) is 49.7 Å². The Hall–Kier alpha value is -4.94. The van der Waals surface area contributed by atoms with Crippen LogP contribution in [0.2, 0.25) is 0 Å². The van der Waals surface area contributed by atoms with Crippen molar-refractivity contribution in [2.45, 2.75) is 81.6 Å². The number of piperidine rings is 1. The first-order valence-electron chi connectivity index (χ1n) is 15.2. The Labute approximate surface area is 261 Å². The quantitative estimate of drug-likeness (QED) is 0.0894. The van der Waals surface area contributed by atoms with E-state index in [4.69, 9.17) is 11.1 Å². The summed E-state index contributed by atoms with van der Waals surface area (Å²) >= 11 is 0. The van der Waals surface area contributed by atoms with Gasteiger partial charge in [0.2, 0.25) is 23.6 Å². The van der Waals surface area contributed by atoms with Crippen LogP contribution in [0.25, 0.3) is 0 Å². The molecule has 0 saturated carbocycles. The summed E-state index contributed by atoms with van der Waals surface area (Å²) in [6.45, 7) is 0.266. The number of hydrogen-bond donors (Lipinski definition) is 7. The Morgan fingerprint density at radius 1 is 0.911 bits per heavy atom. The molecule has 0 unspecified atom stereocenters. The maximum atomic E-state index is 13.6. The van der Waals surface area contributed by atoms with Gasteiger partial charge in [-0.15, -0.1) is 0 Å². The number of carbonyl (C=O) groups excluding carboxylic acids is 4. The minimum Gasteiger partial charge on any atom is -0.480 e. The summed E-state index contributed by atoms with van der Waals surface area (Å²) in [5.41, 5.74) is 6.90. The van der Waals surface area contributed by atoms with Crippen molar-refractivity contribution < 1.29 is 29.1 Å². The van der Waals surface area contributed by atoms with Crippen molar-refractivity contribution in [3.63, 3.8) is 0 Å². The van der Waals surface area contributed by atoms with Crippen molar-refractivity contribution in [3.8, 4) is 0 Å². The number of nitrogens with two attached hydrogens (primary N) is 1. The van der Waals surface area contributed by atoms with Crippen molar-refractivity contribution >= 4 is 35.6 Å². The van der Waals surface area contributed by atoms with Gasteiger partial charge in [-0.25, -0.2) is 4.79 Å². The molecule has 13 heteroatoms. The normalized spacial score (nSPS) is 20.3. The van der Waals surface area contributed by atoms with Crippen LogP contribution in [0, 0.1) is 5.41 Å². The predicted molar refractivity (Wildman–Crippen MR) is 166 cm³/mol. The number of hydrogen-bond acceptors (Lipinski definition) is 6. The zero-order valence-corrected chi connectivity index (χ0v) is 25.0. The number of carbonyl (C=O) groups is 5. The van der Waals surface area contributed by atoms with E-state index in [9.17, 15) is 29.1 Å². The van der Waals surface area contributed by atoms with Crippen LogP contribution in [0.4, 0.5) is 0 Å². The van der Waals surface area contributed by atoms with Gasteiger partial charge in [0.1, 0.15) is 24.2 Å².